The number of halogens is 1. The molecule has 1 saturated carbocycles. The lowest BCUT2D eigenvalue weighted by atomic mass is 9.87. The Hall–Kier alpha value is -2.89. The smallest absolute Gasteiger partial charge is 0.224 e. The lowest BCUT2D eigenvalue weighted by Crippen LogP contribution is -2.30. The van der Waals surface area contributed by atoms with Gasteiger partial charge in [0.15, 0.2) is 0 Å². The minimum Gasteiger partial charge on any atom is -0.493 e. The zero-order chi connectivity index (χ0) is 18.6. The third-order valence-corrected chi connectivity index (χ3v) is 5.78. The minimum atomic E-state index is -0.287. The van der Waals surface area contributed by atoms with Crippen LogP contribution in [0.1, 0.15) is 29.7 Å². The molecule has 6 heteroatoms. The first-order chi connectivity index (χ1) is 13.0. The summed E-state index contributed by atoms with van der Waals surface area (Å²) in [4.78, 5) is 17.3. The fourth-order valence-corrected chi connectivity index (χ4v) is 4.24. The molecule has 0 saturated heterocycles. The quantitative estimate of drug-likeness (QED) is 0.776. The minimum absolute atomic E-state index is 0.000322. The van der Waals surface area contributed by atoms with Crippen molar-refractivity contribution in [2.24, 2.45) is 5.92 Å². The summed E-state index contributed by atoms with van der Waals surface area (Å²) in [5.74, 6) is 0.278. The van der Waals surface area contributed by atoms with Crippen molar-refractivity contribution in [1.82, 2.24) is 14.7 Å². The third-order valence-electron chi connectivity index (χ3n) is 5.78. The zero-order valence-electron chi connectivity index (χ0n) is 15.0. The predicted molar refractivity (Wildman–Crippen MR) is 98.1 cm³/mol. The van der Waals surface area contributed by atoms with Crippen LogP contribution >= 0.6 is 0 Å². The molecule has 0 unspecified atom stereocenters. The molecule has 2 aromatic heterocycles. The largest absolute Gasteiger partial charge is 0.493 e. The van der Waals surface area contributed by atoms with Gasteiger partial charge in [-0.15, -0.1) is 0 Å². The summed E-state index contributed by atoms with van der Waals surface area (Å²) in [6.07, 6.45) is 5.38. The van der Waals surface area contributed by atoms with Gasteiger partial charge in [0.25, 0.3) is 0 Å². The van der Waals surface area contributed by atoms with E-state index in [9.17, 15) is 9.18 Å². The van der Waals surface area contributed by atoms with Crippen LogP contribution in [0, 0.1) is 18.7 Å². The highest BCUT2D eigenvalue weighted by molar-refractivity contribution is 5.84. The molecular formula is C21H20FN3O2. The number of nitrogens with zero attached hydrogens (tertiary/aromatic N) is 2. The summed E-state index contributed by atoms with van der Waals surface area (Å²) in [6, 6.07) is 8.62. The van der Waals surface area contributed by atoms with Gasteiger partial charge in [-0.25, -0.2) is 9.37 Å². The molecule has 27 heavy (non-hydrogen) atoms. The number of hydrogen-bond donors (Lipinski definition) is 1. The number of imidazole rings is 1. The second kappa shape index (κ2) is 5.81. The molecule has 2 atom stereocenters. The molecule has 1 N–H and O–H groups in total. The summed E-state index contributed by atoms with van der Waals surface area (Å²) < 4.78 is 21.3. The molecule has 2 aliphatic rings. The van der Waals surface area contributed by atoms with Crippen LogP contribution in [0.5, 0.6) is 5.75 Å². The second-order valence-electron chi connectivity index (χ2n) is 7.57. The van der Waals surface area contributed by atoms with Crippen LogP contribution in [0.15, 0.2) is 42.7 Å². The molecular weight excluding hydrogens is 345 g/mol. The molecule has 138 valence electrons. The molecule has 1 amide bonds. The van der Waals surface area contributed by atoms with Crippen LogP contribution in [-0.4, -0.2) is 21.9 Å². The number of rotatable bonds is 3. The van der Waals surface area contributed by atoms with Gasteiger partial charge < -0.3 is 14.5 Å². The first kappa shape index (κ1) is 16.3. The second-order valence-corrected chi connectivity index (χ2v) is 7.57. The normalized spacial score (nSPS) is 23.1. The van der Waals surface area contributed by atoms with Crippen LogP contribution in [0.4, 0.5) is 4.39 Å². The first-order valence-electron chi connectivity index (χ1n) is 9.20. The summed E-state index contributed by atoms with van der Waals surface area (Å²) in [5, 5.41) is 3.00. The maximum atomic E-state index is 13.7. The number of amides is 1. The van der Waals surface area contributed by atoms with E-state index in [0.29, 0.717) is 18.9 Å². The highest BCUT2D eigenvalue weighted by Gasteiger charge is 2.61. The van der Waals surface area contributed by atoms with E-state index in [1.807, 2.05) is 35.9 Å². The summed E-state index contributed by atoms with van der Waals surface area (Å²) >= 11 is 0. The Morgan fingerprint density at radius 1 is 1.41 bits per heavy atom. The number of fused-ring (bicyclic) bond motifs is 3. The fraction of sp³-hybridized carbons (Fsp3) is 0.333. The number of aryl methyl sites for hydroxylation is 1. The Kier molecular flexibility index (Phi) is 3.50. The van der Waals surface area contributed by atoms with Crippen molar-refractivity contribution in [2.45, 2.75) is 31.7 Å². The number of benzene rings is 1. The molecule has 3 heterocycles. The third kappa shape index (κ3) is 2.67. The van der Waals surface area contributed by atoms with E-state index in [-0.39, 0.29) is 23.1 Å². The van der Waals surface area contributed by atoms with Gasteiger partial charge in [-0.1, -0.05) is 0 Å². The van der Waals surface area contributed by atoms with E-state index in [0.717, 1.165) is 35.3 Å². The highest BCUT2D eigenvalue weighted by Crippen LogP contribution is 2.60. The van der Waals surface area contributed by atoms with E-state index >= 15 is 0 Å². The van der Waals surface area contributed by atoms with Crippen molar-refractivity contribution in [3.05, 3.63) is 65.4 Å². The van der Waals surface area contributed by atoms with Gasteiger partial charge in [0.1, 0.15) is 17.2 Å². The van der Waals surface area contributed by atoms with Crippen molar-refractivity contribution in [2.75, 3.05) is 6.61 Å². The summed E-state index contributed by atoms with van der Waals surface area (Å²) in [7, 11) is 0. The molecule has 0 radical (unpaired) electrons. The zero-order valence-corrected chi connectivity index (χ0v) is 15.0. The van der Waals surface area contributed by atoms with Gasteiger partial charge in [-0.05, 0) is 55.7 Å². The van der Waals surface area contributed by atoms with Gasteiger partial charge in [0, 0.05) is 29.3 Å². The van der Waals surface area contributed by atoms with Crippen LogP contribution < -0.4 is 10.1 Å². The molecule has 0 bridgehead atoms. The Morgan fingerprint density at radius 3 is 3.19 bits per heavy atom. The van der Waals surface area contributed by atoms with E-state index in [1.54, 1.807) is 6.07 Å². The molecule has 3 aromatic rings. The molecule has 1 spiro atoms. The maximum absolute atomic E-state index is 13.7. The lowest BCUT2D eigenvalue weighted by Gasteiger charge is -2.26. The van der Waals surface area contributed by atoms with Crippen LogP contribution in [-0.2, 0) is 16.8 Å². The highest BCUT2D eigenvalue weighted by atomic mass is 19.1. The van der Waals surface area contributed by atoms with Crippen LogP contribution in [0.2, 0.25) is 0 Å². The standard InChI is InChI=1S/C21H20FN3O2/c1-13-4-6-25-12-15(24-19(25)8-13)11-23-20(26)17-10-21(17)5-7-27-18-3-2-14(22)9-16(18)21/h2-4,6,8-9,12,17H,5,7,10-11H2,1H3,(H,23,26)/t17-,21-/m1/s1. The Morgan fingerprint density at radius 2 is 2.30 bits per heavy atom. The maximum Gasteiger partial charge on any atom is 0.224 e. The topological polar surface area (TPSA) is 55.6 Å². The number of hydrogen-bond acceptors (Lipinski definition) is 3. The predicted octanol–water partition coefficient (Wildman–Crippen LogP) is 3.14. The number of carbonyl (C=O) groups excluding carboxylic acids is 1. The van der Waals surface area contributed by atoms with Crippen LogP contribution in [0.25, 0.3) is 5.65 Å². The van der Waals surface area contributed by atoms with Crippen LogP contribution in [0.3, 0.4) is 0 Å². The van der Waals surface area contributed by atoms with Gasteiger partial charge in [0.2, 0.25) is 5.91 Å². The molecule has 5 nitrogen and oxygen atoms in total. The van der Waals surface area contributed by atoms with Crippen molar-refractivity contribution in [3.63, 3.8) is 0 Å². The first-order valence-corrected chi connectivity index (χ1v) is 9.20. The van der Waals surface area contributed by atoms with Crippen molar-refractivity contribution < 1.29 is 13.9 Å². The number of nitrogens with one attached hydrogen (secondary N) is 1. The van der Waals surface area contributed by atoms with Crippen molar-refractivity contribution in [3.8, 4) is 5.75 Å². The van der Waals surface area contributed by atoms with Gasteiger partial charge >= 0.3 is 0 Å². The molecule has 1 aliphatic carbocycles. The number of aromatic nitrogens is 2. The van der Waals surface area contributed by atoms with E-state index in [1.165, 1.54) is 12.1 Å². The fourth-order valence-electron chi connectivity index (χ4n) is 4.24. The van der Waals surface area contributed by atoms with Gasteiger partial charge in [-0.2, -0.15) is 0 Å². The van der Waals surface area contributed by atoms with Crippen molar-refractivity contribution >= 4 is 11.6 Å². The molecule has 1 fully saturated rings. The Labute approximate surface area is 156 Å². The Balaban J connectivity index is 1.31. The van der Waals surface area contributed by atoms with E-state index < -0.39 is 0 Å². The summed E-state index contributed by atoms with van der Waals surface area (Å²) in [5.41, 5.74) is 3.39. The number of pyridine rings is 1. The van der Waals surface area contributed by atoms with Gasteiger partial charge in [-0.3, -0.25) is 4.79 Å². The summed E-state index contributed by atoms with van der Waals surface area (Å²) in [6.45, 7) is 2.98. The number of carbonyl (C=O) groups is 1. The molecule has 1 aliphatic heterocycles. The van der Waals surface area contributed by atoms with E-state index in [2.05, 4.69) is 10.3 Å². The Bertz CT molecular complexity index is 1060. The number of ether oxygens (including phenoxy) is 1. The average Bonchev–Trinajstić information content (AvgIpc) is 3.22. The van der Waals surface area contributed by atoms with Gasteiger partial charge in [0.05, 0.1) is 18.8 Å². The van der Waals surface area contributed by atoms with Crippen molar-refractivity contribution in [1.29, 1.82) is 0 Å². The monoisotopic (exact) mass is 365 g/mol. The SMILES string of the molecule is Cc1ccn2cc(CNC(=O)[C@H]3C[C@@]34CCOc3ccc(F)cc34)nc2c1. The molecule has 5 rings (SSSR count). The van der Waals surface area contributed by atoms with E-state index in [4.69, 9.17) is 4.74 Å². The lowest BCUT2D eigenvalue weighted by molar-refractivity contribution is -0.123. The molecule has 1 aromatic carbocycles. The average molecular weight is 365 g/mol.